The molecular formula is C33H28F6N4O3. The van der Waals surface area contributed by atoms with Gasteiger partial charge in [-0.2, -0.15) is 26.3 Å². The normalized spacial score (nSPS) is 15.8. The molecule has 0 aliphatic carbocycles. The minimum atomic E-state index is -5.11. The van der Waals surface area contributed by atoms with Gasteiger partial charge in [-0.1, -0.05) is 30.3 Å². The number of H-pyrrole nitrogens is 1. The van der Waals surface area contributed by atoms with Gasteiger partial charge in [0.15, 0.2) is 0 Å². The van der Waals surface area contributed by atoms with E-state index in [1.807, 2.05) is 24.3 Å². The summed E-state index contributed by atoms with van der Waals surface area (Å²) in [5, 5.41) is 3.48. The molecule has 4 aromatic rings. The maximum atomic E-state index is 13.7. The number of piperazine rings is 1. The number of aromatic nitrogens is 1. The fraction of sp³-hybridized carbons (Fsp3) is 0.242. The molecule has 7 nitrogen and oxygen atoms in total. The summed E-state index contributed by atoms with van der Waals surface area (Å²) in [6.07, 6.45) is -5.39. The number of fused-ring (bicyclic) bond motifs is 1. The molecule has 0 saturated carbocycles. The number of anilines is 1. The summed E-state index contributed by atoms with van der Waals surface area (Å²) in [5.74, 6) is -1.61. The topological polar surface area (TPSA) is 85.5 Å². The first-order valence-electron chi connectivity index (χ1n) is 14.2. The van der Waals surface area contributed by atoms with Crippen LogP contribution >= 0.6 is 0 Å². The average molecular weight is 643 g/mol. The van der Waals surface area contributed by atoms with E-state index >= 15 is 0 Å². The summed E-state index contributed by atoms with van der Waals surface area (Å²) in [5.41, 5.74) is -1.07. The van der Waals surface area contributed by atoms with Crippen molar-refractivity contribution < 1.29 is 40.7 Å². The van der Waals surface area contributed by atoms with Crippen molar-refractivity contribution in [1.29, 1.82) is 0 Å². The second kappa shape index (κ2) is 12.7. The standard InChI is InChI=1S/C33H28F6N4O3/c1-20(44)41-26-9-6-21(7-10-26)8-11-30(45)42-12-13-43(27(19-42)16-23-18-40-29-5-3-2-4-28(23)29)31(46)22-14-24(32(34,35)36)17-25(15-22)33(37,38)39/h2-11,14-15,17-18,27,40H,12-13,16,19H2,1H3,(H,41,44)/t27-/m1/s1. The maximum Gasteiger partial charge on any atom is 0.416 e. The summed E-state index contributed by atoms with van der Waals surface area (Å²) in [4.78, 5) is 44.0. The molecule has 0 unspecified atom stereocenters. The van der Waals surface area contributed by atoms with E-state index in [9.17, 15) is 40.7 Å². The third kappa shape index (κ3) is 7.41. The Labute approximate surface area is 259 Å². The molecule has 1 aliphatic heterocycles. The molecule has 1 fully saturated rings. The van der Waals surface area contributed by atoms with Crippen LogP contribution in [-0.4, -0.2) is 58.2 Å². The van der Waals surface area contributed by atoms with E-state index in [0.29, 0.717) is 23.4 Å². The number of halogens is 6. The van der Waals surface area contributed by atoms with Crippen molar-refractivity contribution >= 4 is 40.4 Å². The predicted octanol–water partition coefficient (Wildman–Crippen LogP) is 6.77. The van der Waals surface area contributed by atoms with Crippen LogP contribution in [0.3, 0.4) is 0 Å². The molecule has 3 aromatic carbocycles. The van der Waals surface area contributed by atoms with Crippen molar-refractivity contribution in [3.63, 3.8) is 0 Å². The molecule has 46 heavy (non-hydrogen) atoms. The van der Waals surface area contributed by atoms with Gasteiger partial charge in [-0.05, 0) is 60.0 Å². The van der Waals surface area contributed by atoms with Crippen LogP contribution in [0.5, 0.6) is 0 Å². The number of rotatable bonds is 6. The van der Waals surface area contributed by atoms with Crippen LogP contribution in [0, 0.1) is 0 Å². The Morgan fingerprint density at radius 1 is 0.913 bits per heavy atom. The monoisotopic (exact) mass is 642 g/mol. The molecule has 3 amide bonds. The van der Waals surface area contributed by atoms with Crippen LogP contribution in [0.25, 0.3) is 17.0 Å². The number of nitrogens with zero attached hydrogens (tertiary/aromatic N) is 2. The number of carbonyl (C=O) groups is 3. The molecule has 1 aliphatic rings. The first-order chi connectivity index (χ1) is 21.7. The van der Waals surface area contributed by atoms with Gasteiger partial charge in [-0.3, -0.25) is 14.4 Å². The Kier molecular flexibility index (Phi) is 8.95. The molecule has 2 N–H and O–H groups in total. The minimum Gasteiger partial charge on any atom is -0.361 e. The third-order valence-corrected chi connectivity index (χ3v) is 7.67. The summed E-state index contributed by atoms with van der Waals surface area (Å²) in [6, 6.07) is 14.2. The average Bonchev–Trinajstić information content (AvgIpc) is 3.41. The Hall–Kier alpha value is -5.07. The second-order valence-corrected chi connectivity index (χ2v) is 10.9. The highest BCUT2D eigenvalue weighted by molar-refractivity contribution is 5.96. The van der Waals surface area contributed by atoms with Crippen molar-refractivity contribution in [3.05, 3.63) is 107 Å². The first kappa shape index (κ1) is 32.3. The number of hydrogen-bond acceptors (Lipinski definition) is 3. The van der Waals surface area contributed by atoms with Gasteiger partial charge in [-0.15, -0.1) is 0 Å². The highest BCUT2D eigenvalue weighted by atomic mass is 19.4. The number of nitrogens with one attached hydrogen (secondary N) is 2. The van der Waals surface area contributed by atoms with Gasteiger partial charge in [0.25, 0.3) is 5.91 Å². The fourth-order valence-corrected chi connectivity index (χ4v) is 5.45. The number of amides is 3. The van der Waals surface area contributed by atoms with Crippen molar-refractivity contribution in [1.82, 2.24) is 14.8 Å². The lowest BCUT2D eigenvalue weighted by Crippen LogP contribution is -2.57. The summed E-state index contributed by atoms with van der Waals surface area (Å²) in [7, 11) is 0. The molecule has 5 rings (SSSR count). The number of benzene rings is 3. The zero-order chi connectivity index (χ0) is 33.2. The molecule has 2 heterocycles. The van der Waals surface area contributed by atoms with Gasteiger partial charge in [0.05, 0.1) is 17.2 Å². The predicted molar refractivity (Wildman–Crippen MR) is 160 cm³/mol. The van der Waals surface area contributed by atoms with Crippen LogP contribution < -0.4 is 5.32 Å². The largest absolute Gasteiger partial charge is 0.416 e. The van der Waals surface area contributed by atoms with Crippen LogP contribution in [-0.2, 0) is 28.4 Å². The third-order valence-electron chi connectivity index (χ3n) is 7.67. The molecule has 1 saturated heterocycles. The van der Waals surface area contributed by atoms with Crippen LogP contribution in [0.15, 0.2) is 79.0 Å². The number of carbonyl (C=O) groups excluding carboxylic acids is 3. The maximum absolute atomic E-state index is 13.7. The first-order valence-corrected chi connectivity index (χ1v) is 14.2. The van der Waals surface area contributed by atoms with Gasteiger partial charge >= 0.3 is 12.4 Å². The van der Waals surface area contributed by atoms with E-state index in [1.54, 1.807) is 36.5 Å². The molecule has 1 aromatic heterocycles. The lowest BCUT2D eigenvalue weighted by molar-refractivity contribution is -0.143. The van der Waals surface area contributed by atoms with Gasteiger partial charge in [0, 0.05) is 61.0 Å². The van der Waals surface area contributed by atoms with Gasteiger partial charge in [-0.25, -0.2) is 0 Å². The van der Waals surface area contributed by atoms with Crippen LogP contribution in [0.2, 0.25) is 0 Å². The van der Waals surface area contributed by atoms with E-state index < -0.39 is 41.0 Å². The quantitative estimate of drug-likeness (QED) is 0.180. The SMILES string of the molecule is CC(=O)Nc1ccc(C=CC(=O)N2CCN(C(=O)c3cc(C(F)(F)F)cc(C(F)(F)F)c3)[C@H](Cc3c[nH]c4ccccc34)C2)cc1. The molecular weight excluding hydrogens is 614 g/mol. The van der Waals surface area contributed by atoms with Gasteiger partial charge < -0.3 is 20.1 Å². The zero-order valence-electron chi connectivity index (χ0n) is 24.4. The molecule has 0 bridgehead atoms. The Bertz CT molecular complexity index is 1760. The number of alkyl halides is 6. The van der Waals surface area contributed by atoms with E-state index in [-0.39, 0.29) is 43.9 Å². The summed E-state index contributed by atoms with van der Waals surface area (Å²) >= 11 is 0. The smallest absolute Gasteiger partial charge is 0.361 e. The zero-order valence-corrected chi connectivity index (χ0v) is 24.4. The molecule has 1 atom stereocenters. The summed E-state index contributed by atoms with van der Waals surface area (Å²) < 4.78 is 81.4. The second-order valence-electron chi connectivity index (χ2n) is 10.9. The van der Waals surface area contributed by atoms with Gasteiger partial charge in [0.1, 0.15) is 0 Å². The molecule has 13 heteroatoms. The van der Waals surface area contributed by atoms with E-state index in [0.717, 1.165) is 16.5 Å². The molecule has 0 spiro atoms. The number of aromatic amines is 1. The van der Waals surface area contributed by atoms with Crippen LogP contribution in [0.4, 0.5) is 32.0 Å². The lowest BCUT2D eigenvalue weighted by atomic mass is 9.98. The number of para-hydroxylation sites is 1. The highest BCUT2D eigenvalue weighted by Crippen LogP contribution is 2.37. The number of hydrogen-bond donors (Lipinski definition) is 2. The van der Waals surface area contributed by atoms with Crippen molar-refractivity contribution in [2.45, 2.75) is 31.7 Å². The Morgan fingerprint density at radius 3 is 2.20 bits per heavy atom. The van der Waals surface area contributed by atoms with Crippen molar-refractivity contribution in [3.8, 4) is 0 Å². The van der Waals surface area contributed by atoms with E-state index in [1.165, 1.54) is 22.8 Å². The fourth-order valence-electron chi connectivity index (χ4n) is 5.45. The minimum absolute atomic E-state index is 0.00581. The lowest BCUT2D eigenvalue weighted by Gasteiger charge is -2.41. The van der Waals surface area contributed by atoms with Gasteiger partial charge in [0.2, 0.25) is 11.8 Å². The van der Waals surface area contributed by atoms with Crippen molar-refractivity contribution in [2.75, 3.05) is 25.0 Å². The Morgan fingerprint density at radius 2 is 1.57 bits per heavy atom. The summed E-state index contributed by atoms with van der Waals surface area (Å²) in [6.45, 7) is 1.26. The van der Waals surface area contributed by atoms with Crippen molar-refractivity contribution in [2.24, 2.45) is 0 Å². The molecule has 0 radical (unpaired) electrons. The highest BCUT2D eigenvalue weighted by Gasteiger charge is 2.39. The van der Waals surface area contributed by atoms with E-state index in [4.69, 9.17) is 0 Å². The van der Waals surface area contributed by atoms with Crippen LogP contribution in [0.1, 0.15) is 39.5 Å². The molecule has 240 valence electrons. The Balaban J connectivity index is 1.42. The van der Waals surface area contributed by atoms with E-state index in [2.05, 4.69) is 10.3 Å².